The van der Waals surface area contributed by atoms with Crippen molar-refractivity contribution in [3.63, 3.8) is 0 Å². The molecule has 0 unspecified atom stereocenters. The number of anilines is 1. The maximum atomic E-state index is 10.9. The van der Waals surface area contributed by atoms with Crippen molar-refractivity contribution in [2.24, 2.45) is 0 Å². The van der Waals surface area contributed by atoms with Crippen LogP contribution in [0.1, 0.15) is 11.1 Å². The standard InChI is InChI=1S/C9H12NO/c1-7-5-4-6-9(8(7)2)10(3)11/h4-6H,1-3H3. The molecule has 0 spiro atoms. The van der Waals surface area contributed by atoms with E-state index in [4.69, 9.17) is 0 Å². The first-order chi connectivity index (χ1) is 5.13. The SMILES string of the molecule is Cc1cccc([N+](C)[O-])c1C. The minimum Gasteiger partial charge on any atom is -0.576 e. The number of benzene rings is 1. The van der Waals surface area contributed by atoms with Crippen molar-refractivity contribution in [3.05, 3.63) is 34.5 Å². The fraction of sp³-hybridized carbons (Fsp3) is 0.333. The highest BCUT2D eigenvalue weighted by molar-refractivity contribution is 5.50. The van der Waals surface area contributed by atoms with Gasteiger partial charge in [0.15, 0.2) is 5.69 Å². The highest BCUT2D eigenvalue weighted by atomic mass is 16.5. The summed E-state index contributed by atoms with van der Waals surface area (Å²) in [5.41, 5.74) is 2.97. The van der Waals surface area contributed by atoms with Crippen molar-refractivity contribution in [1.82, 2.24) is 5.06 Å². The first kappa shape index (κ1) is 8.24. The zero-order valence-corrected chi connectivity index (χ0v) is 7.09. The third-order valence-corrected chi connectivity index (χ3v) is 1.92. The molecule has 0 bridgehead atoms. The van der Waals surface area contributed by atoms with E-state index in [9.17, 15) is 5.21 Å². The normalized spacial score (nSPS) is 10.6. The molecular weight excluding hydrogens is 138 g/mol. The lowest BCUT2D eigenvalue weighted by atomic mass is 10.1. The smallest absolute Gasteiger partial charge is 0.184 e. The summed E-state index contributed by atoms with van der Waals surface area (Å²) in [4.78, 5) is 0. The molecule has 1 aromatic carbocycles. The fourth-order valence-electron chi connectivity index (χ4n) is 1.08. The molecule has 0 amide bonds. The van der Waals surface area contributed by atoms with Crippen LogP contribution in [0.3, 0.4) is 0 Å². The largest absolute Gasteiger partial charge is 0.576 e. The third-order valence-electron chi connectivity index (χ3n) is 1.92. The van der Waals surface area contributed by atoms with Crippen LogP contribution in [0.4, 0.5) is 5.69 Å². The summed E-state index contributed by atoms with van der Waals surface area (Å²) >= 11 is 0. The van der Waals surface area contributed by atoms with Crippen molar-refractivity contribution >= 4 is 5.69 Å². The second-order valence-corrected chi connectivity index (χ2v) is 2.72. The summed E-state index contributed by atoms with van der Waals surface area (Å²) in [7, 11) is 1.52. The van der Waals surface area contributed by atoms with E-state index in [-0.39, 0.29) is 0 Å². The van der Waals surface area contributed by atoms with Crippen LogP contribution in [0.25, 0.3) is 0 Å². The van der Waals surface area contributed by atoms with Crippen LogP contribution in [0.2, 0.25) is 0 Å². The van der Waals surface area contributed by atoms with E-state index in [0.717, 1.165) is 21.9 Å². The average Bonchev–Trinajstić information content (AvgIpc) is 1.94. The monoisotopic (exact) mass is 150 g/mol. The molecule has 59 valence electrons. The molecule has 0 aliphatic rings. The van der Waals surface area contributed by atoms with Crippen LogP contribution < -0.4 is 5.06 Å². The van der Waals surface area contributed by atoms with Crippen LogP contribution in [0, 0.1) is 19.1 Å². The van der Waals surface area contributed by atoms with E-state index in [2.05, 4.69) is 0 Å². The molecule has 0 saturated carbocycles. The number of aryl methyl sites for hydroxylation is 1. The van der Waals surface area contributed by atoms with E-state index in [1.54, 1.807) is 0 Å². The highest BCUT2D eigenvalue weighted by Crippen LogP contribution is 2.19. The summed E-state index contributed by atoms with van der Waals surface area (Å²) in [5, 5.41) is 11.8. The van der Waals surface area contributed by atoms with Gasteiger partial charge in [-0.05, 0) is 19.4 Å². The predicted molar refractivity (Wildman–Crippen MR) is 47.0 cm³/mol. The number of nitrogens with zero attached hydrogens (tertiary/aromatic N) is 1. The van der Waals surface area contributed by atoms with Gasteiger partial charge >= 0.3 is 0 Å². The zero-order valence-electron chi connectivity index (χ0n) is 7.09. The Labute approximate surface area is 67.0 Å². The van der Waals surface area contributed by atoms with Crippen molar-refractivity contribution in [2.75, 3.05) is 7.05 Å². The summed E-state index contributed by atoms with van der Waals surface area (Å²) in [6, 6.07) is 5.73. The van der Waals surface area contributed by atoms with Gasteiger partial charge in [0.25, 0.3) is 0 Å². The molecule has 0 aromatic heterocycles. The van der Waals surface area contributed by atoms with Crippen LogP contribution in [-0.4, -0.2) is 7.05 Å². The Morgan fingerprint density at radius 1 is 1.27 bits per heavy atom. The summed E-state index contributed by atoms with van der Waals surface area (Å²) in [6.45, 7) is 3.96. The maximum Gasteiger partial charge on any atom is 0.184 e. The third kappa shape index (κ3) is 1.59. The van der Waals surface area contributed by atoms with E-state index >= 15 is 0 Å². The molecule has 0 heterocycles. The van der Waals surface area contributed by atoms with E-state index in [1.165, 1.54) is 7.05 Å². The molecule has 2 nitrogen and oxygen atoms in total. The van der Waals surface area contributed by atoms with Crippen molar-refractivity contribution in [1.29, 1.82) is 0 Å². The molecule has 1 aromatic rings. The second-order valence-electron chi connectivity index (χ2n) is 2.72. The Morgan fingerprint density at radius 3 is 2.36 bits per heavy atom. The van der Waals surface area contributed by atoms with Crippen molar-refractivity contribution < 1.29 is 0 Å². The van der Waals surface area contributed by atoms with Gasteiger partial charge in [-0.2, -0.15) is 5.06 Å². The Hall–Kier alpha value is -0.860. The van der Waals surface area contributed by atoms with Crippen LogP contribution in [0.15, 0.2) is 18.2 Å². The maximum absolute atomic E-state index is 10.9. The van der Waals surface area contributed by atoms with Gasteiger partial charge in [-0.25, -0.2) is 0 Å². The Morgan fingerprint density at radius 2 is 1.91 bits per heavy atom. The van der Waals surface area contributed by atoms with Crippen LogP contribution in [0.5, 0.6) is 0 Å². The van der Waals surface area contributed by atoms with Gasteiger partial charge in [0.2, 0.25) is 0 Å². The van der Waals surface area contributed by atoms with Gasteiger partial charge in [-0.3, -0.25) is 0 Å². The molecule has 0 atom stereocenters. The topological polar surface area (TPSA) is 29.0 Å². The van der Waals surface area contributed by atoms with Gasteiger partial charge in [0, 0.05) is 11.6 Å². The molecule has 0 saturated heterocycles. The van der Waals surface area contributed by atoms with E-state index in [0.29, 0.717) is 0 Å². The predicted octanol–water partition coefficient (Wildman–Crippen LogP) is 2.20. The molecule has 0 aliphatic carbocycles. The minimum atomic E-state index is 0.755. The molecule has 1 radical (unpaired) electrons. The molecular formula is C9H12NO. The first-order valence-electron chi connectivity index (χ1n) is 3.60. The Kier molecular flexibility index (Phi) is 2.27. The minimum absolute atomic E-state index is 0.755. The molecule has 11 heavy (non-hydrogen) atoms. The summed E-state index contributed by atoms with van der Waals surface area (Å²) in [6.07, 6.45) is 0. The van der Waals surface area contributed by atoms with Crippen LogP contribution in [-0.2, 0) is 0 Å². The van der Waals surface area contributed by atoms with Crippen molar-refractivity contribution in [3.8, 4) is 0 Å². The average molecular weight is 150 g/mol. The quantitative estimate of drug-likeness (QED) is 0.445. The van der Waals surface area contributed by atoms with Gasteiger partial charge in [-0.1, -0.05) is 12.1 Å². The zero-order chi connectivity index (χ0) is 8.43. The van der Waals surface area contributed by atoms with Gasteiger partial charge in [0.1, 0.15) is 7.05 Å². The number of hydrogen-bond donors (Lipinski definition) is 0. The molecule has 1 rings (SSSR count). The highest BCUT2D eigenvalue weighted by Gasteiger charge is 2.07. The fourth-order valence-corrected chi connectivity index (χ4v) is 1.08. The van der Waals surface area contributed by atoms with Crippen LogP contribution >= 0.6 is 0 Å². The molecule has 0 N–H and O–H groups in total. The van der Waals surface area contributed by atoms with Gasteiger partial charge in [0.05, 0.1) is 0 Å². The Balaban J connectivity index is 3.17. The molecule has 0 fully saturated rings. The lowest BCUT2D eigenvalue weighted by molar-refractivity contribution is 0.827. The molecule has 0 aliphatic heterocycles. The van der Waals surface area contributed by atoms with E-state index in [1.807, 2.05) is 32.0 Å². The second kappa shape index (κ2) is 3.03. The number of hydrogen-bond acceptors (Lipinski definition) is 2. The number of hydroxylamine groups is 1. The van der Waals surface area contributed by atoms with Gasteiger partial charge < -0.3 is 5.21 Å². The molecule has 2 heteroatoms. The summed E-state index contributed by atoms with van der Waals surface area (Å²) < 4.78 is 0. The van der Waals surface area contributed by atoms with E-state index < -0.39 is 0 Å². The lowest BCUT2D eigenvalue weighted by Crippen LogP contribution is -2.09. The van der Waals surface area contributed by atoms with Gasteiger partial charge in [-0.15, -0.1) is 0 Å². The Bertz CT molecular complexity index is 256. The lowest BCUT2D eigenvalue weighted by Gasteiger charge is -2.10. The first-order valence-corrected chi connectivity index (χ1v) is 3.60. The number of rotatable bonds is 1. The summed E-state index contributed by atoms with van der Waals surface area (Å²) in [5.74, 6) is 0. The van der Waals surface area contributed by atoms with Crippen molar-refractivity contribution in [2.45, 2.75) is 13.8 Å².